The van der Waals surface area contributed by atoms with Gasteiger partial charge in [0, 0.05) is 15.5 Å². The molecule has 4 N–H and O–H groups in total. The van der Waals surface area contributed by atoms with E-state index in [0.717, 1.165) is 47.4 Å². The van der Waals surface area contributed by atoms with Crippen LogP contribution in [0.5, 0.6) is 0 Å². The number of hydrogen-bond acceptors (Lipinski definition) is 8. The van der Waals surface area contributed by atoms with E-state index in [-0.39, 0.29) is 29.1 Å². The fourth-order valence-electron chi connectivity index (χ4n) is 5.94. The number of carboxylic acid groups (broad SMARTS) is 2. The van der Waals surface area contributed by atoms with Gasteiger partial charge in [-0.25, -0.2) is 14.4 Å². The third kappa shape index (κ3) is 8.26. The fourth-order valence-corrected chi connectivity index (χ4v) is 8.35. The molecule has 1 aromatic heterocycles. The number of esters is 1. The smallest absolute Gasteiger partial charge is 0.341 e. The predicted octanol–water partition coefficient (Wildman–Crippen LogP) is 8.20. The summed E-state index contributed by atoms with van der Waals surface area (Å²) in [5.41, 5.74) is 1.63. The molecule has 50 heavy (non-hydrogen) atoms. The summed E-state index contributed by atoms with van der Waals surface area (Å²) in [5, 5.41) is 24.3. The molecule has 10 nitrogen and oxygen atoms in total. The first-order valence-electron chi connectivity index (χ1n) is 16.1. The third-order valence-electron chi connectivity index (χ3n) is 8.63. The zero-order valence-electron chi connectivity index (χ0n) is 28.1. The Morgan fingerprint density at radius 2 is 1.66 bits per heavy atom. The molecule has 2 amide bonds. The maximum Gasteiger partial charge on any atom is 0.341 e. The fraction of sp³-hybridized carbons (Fsp3) is 0.289. The van der Waals surface area contributed by atoms with Gasteiger partial charge in [0.2, 0.25) is 5.91 Å². The number of amides is 2. The Balaban J connectivity index is 1.42. The molecule has 0 spiro atoms. The summed E-state index contributed by atoms with van der Waals surface area (Å²) >= 11 is 2.68. The van der Waals surface area contributed by atoms with Crippen molar-refractivity contribution >= 4 is 63.5 Å². The Morgan fingerprint density at radius 1 is 0.920 bits per heavy atom. The molecule has 1 aliphatic rings. The van der Waals surface area contributed by atoms with Crippen LogP contribution in [0.25, 0.3) is 0 Å². The molecule has 1 aliphatic carbocycles. The van der Waals surface area contributed by atoms with Gasteiger partial charge >= 0.3 is 17.9 Å². The molecule has 2 atom stereocenters. The highest BCUT2D eigenvalue weighted by molar-refractivity contribution is 8.00. The van der Waals surface area contributed by atoms with Crippen LogP contribution in [0.4, 0.5) is 10.7 Å². The van der Waals surface area contributed by atoms with Crippen molar-refractivity contribution in [3.8, 4) is 0 Å². The normalized spacial score (nSPS) is 14.6. The van der Waals surface area contributed by atoms with Crippen molar-refractivity contribution in [2.24, 2.45) is 11.3 Å². The van der Waals surface area contributed by atoms with Crippen LogP contribution in [0.2, 0.25) is 0 Å². The molecular formula is C38H38N2O8S2. The van der Waals surface area contributed by atoms with E-state index in [1.54, 1.807) is 31.2 Å². The zero-order valence-corrected chi connectivity index (χ0v) is 29.7. The van der Waals surface area contributed by atoms with E-state index in [0.29, 0.717) is 27.1 Å². The Labute approximate surface area is 298 Å². The average Bonchev–Trinajstić information content (AvgIpc) is 3.44. The molecule has 260 valence electrons. The number of carbonyl (C=O) groups is 5. The Hall–Kier alpha value is -4.94. The number of benzene rings is 3. The second-order valence-corrected chi connectivity index (χ2v) is 15.3. The Morgan fingerprint density at radius 3 is 2.32 bits per heavy atom. The lowest BCUT2D eigenvalue weighted by atomic mass is 9.72. The van der Waals surface area contributed by atoms with Gasteiger partial charge < -0.3 is 25.6 Å². The zero-order chi connectivity index (χ0) is 36.2. The first-order valence-corrected chi connectivity index (χ1v) is 17.8. The van der Waals surface area contributed by atoms with Crippen molar-refractivity contribution in [2.75, 3.05) is 17.2 Å². The van der Waals surface area contributed by atoms with Crippen LogP contribution in [0.1, 0.15) is 96.8 Å². The van der Waals surface area contributed by atoms with Crippen LogP contribution >= 0.6 is 23.1 Å². The third-order valence-corrected chi connectivity index (χ3v) is 11.1. The largest absolute Gasteiger partial charge is 0.478 e. The maximum atomic E-state index is 14.2. The summed E-state index contributed by atoms with van der Waals surface area (Å²) in [6.07, 6.45) is 2.48. The minimum Gasteiger partial charge on any atom is -0.478 e. The van der Waals surface area contributed by atoms with Crippen LogP contribution in [0.3, 0.4) is 0 Å². The monoisotopic (exact) mass is 714 g/mol. The van der Waals surface area contributed by atoms with E-state index in [1.807, 2.05) is 30.3 Å². The van der Waals surface area contributed by atoms with Gasteiger partial charge in [-0.1, -0.05) is 57.2 Å². The molecule has 0 aliphatic heterocycles. The lowest BCUT2D eigenvalue weighted by molar-refractivity contribution is -0.115. The second kappa shape index (κ2) is 15.3. The average molecular weight is 715 g/mol. The summed E-state index contributed by atoms with van der Waals surface area (Å²) in [5.74, 6) is -3.84. The van der Waals surface area contributed by atoms with Crippen LogP contribution < -0.4 is 10.6 Å². The van der Waals surface area contributed by atoms with Gasteiger partial charge in [-0.2, -0.15) is 0 Å². The minimum absolute atomic E-state index is 0.0990. The van der Waals surface area contributed by atoms with Crippen molar-refractivity contribution < 1.29 is 38.9 Å². The van der Waals surface area contributed by atoms with E-state index in [9.17, 15) is 34.2 Å². The van der Waals surface area contributed by atoms with E-state index >= 15 is 0 Å². The molecule has 0 fully saturated rings. The second-order valence-electron chi connectivity index (χ2n) is 13.0. The topological polar surface area (TPSA) is 159 Å². The quantitative estimate of drug-likeness (QED) is 0.0887. The molecule has 12 heteroatoms. The summed E-state index contributed by atoms with van der Waals surface area (Å²) in [7, 11) is 0. The summed E-state index contributed by atoms with van der Waals surface area (Å²) in [4.78, 5) is 65.5. The Kier molecular flexibility index (Phi) is 11.1. The molecule has 5 rings (SSSR count). The number of carbonyl (C=O) groups excluding carboxylic acids is 3. The summed E-state index contributed by atoms with van der Waals surface area (Å²) in [6.45, 7) is 8.63. The molecule has 3 aromatic carbocycles. The highest BCUT2D eigenvalue weighted by atomic mass is 32.2. The first-order chi connectivity index (χ1) is 23.8. The number of fused-ring (bicyclic) bond motifs is 1. The van der Waals surface area contributed by atoms with Crippen LogP contribution in [-0.4, -0.2) is 46.5 Å². The lowest BCUT2D eigenvalue weighted by Gasteiger charge is -2.33. The number of thioether (sulfide) groups is 1. The number of anilines is 2. The number of nitrogens with one attached hydrogen (secondary N) is 2. The van der Waals surface area contributed by atoms with Crippen molar-refractivity contribution in [1.29, 1.82) is 0 Å². The number of ether oxygens (including phenoxy) is 1. The van der Waals surface area contributed by atoms with Gasteiger partial charge in [-0.15, -0.1) is 23.1 Å². The van der Waals surface area contributed by atoms with Gasteiger partial charge in [0.05, 0.1) is 28.9 Å². The van der Waals surface area contributed by atoms with Gasteiger partial charge in [0.25, 0.3) is 5.91 Å². The minimum atomic E-state index is -1.44. The number of hydrogen-bond donors (Lipinski definition) is 4. The summed E-state index contributed by atoms with van der Waals surface area (Å²) < 4.78 is 5.44. The number of rotatable bonds is 11. The lowest BCUT2D eigenvalue weighted by Crippen LogP contribution is -2.26. The SMILES string of the molecule is CCOC(=O)c1c(NC(=O)C(Sc2cccc(NC(=O)c3ccc(C(=O)O)cc3C(=O)O)c2)c2ccccc2)sc2c1CCC(C(C)(C)C)C2. The standard InChI is InChI=1S/C38H38N2O8S2/c1-5-48-37(47)30-27-17-15-23(38(2,3)4)19-29(27)50-34(30)40-33(42)31(21-10-7-6-8-11-21)49-25-13-9-12-24(20-25)39-32(41)26-16-14-22(35(43)44)18-28(26)36(45)46/h6-14,16,18,20,23,31H,5,15,17,19H2,1-4H3,(H,39,41)(H,40,42)(H,43,44)(H,45,46). The van der Waals surface area contributed by atoms with Gasteiger partial charge in [-0.05, 0) is 85.0 Å². The van der Waals surface area contributed by atoms with Gasteiger partial charge in [0.1, 0.15) is 10.3 Å². The van der Waals surface area contributed by atoms with Gasteiger partial charge in [0.15, 0.2) is 0 Å². The van der Waals surface area contributed by atoms with Crippen molar-refractivity contribution in [1.82, 2.24) is 0 Å². The van der Waals surface area contributed by atoms with Crippen LogP contribution in [0, 0.1) is 11.3 Å². The molecule has 2 unspecified atom stereocenters. The molecule has 4 aromatic rings. The number of carboxylic acids is 2. The highest BCUT2D eigenvalue weighted by Gasteiger charge is 2.35. The summed E-state index contributed by atoms with van der Waals surface area (Å²) in [6, 6.07) is 19.2. The van der Waals surface area contributed by atoms with Gasteiger partial charge in [-0.3, -0.25) is 9.59 Å². The molecule has 0 bridgehead atoms. The predicted molar refractivity (Wildman–Crippen MR) is 194 cm³/mol. The maximum absolute atomic E-state index is 14.2. The number of thiophene rings is 1. The van der Waals surface area contributed by atoms with Crippen LogP contribution in [-0.2, 0) is 22.4 Å². The van der Waals surface area contributed by atoms with E-state index in [1.165, 1.54) is 29.2 Å². The van der Waals surface area contributed by atoms with Crippen molar-refractivity contribution in [2.45, 2.75) is 57.1 Å². The molecule has 0 saturated heterocycles. The molecule has 0 saturated carbocycles. The van der Waals surface area contributed by atoms with Crippen LogP contribution in [0.15, 0.2) is 77.7 Å². The Bertz CT molecular complexity index is 1950. The molecular weight excluding hydrogens is 677 g/mol. The molecule has 1 heterocycles. The van der Waals surface area contributed by atoms with E-state index in [4.69, 9.17) is 4.74 Å². The van der Waals surface area contributed by atoms with Crippen molar-refractivity contribution in [3.63, 3.8) is 0 Å². The highest BCUT2D eigenvalue weighted by Crippen LogP contribution is 2.45. The van der Waals surface area contributed by atoms with Crippen molar-refractivity contribution in [3.05, 3.63) is 111 Å². The molecule has 0 radical (unpaired) electrons. The first kappa shape index (κ1) is 36.3. The van der Waals surface area contributed by atoms with E-state index in [2.05, 4.69) is 31.4 Å². The van der Waals surface area contributed by atoms with E-state index < -0.39 is 34.6 Å². The number of aromatic carboxylic acids is 2.